The molecule has 2 heterocycles. The van der Waals surface area contributed by atoms with Crippen LogP contribution in [-0.4, -0.2) is 34.5 Å². The molecule has 1 amide bonds. The molecule has 2 aromatic heterocycles. The molecule has 7 heteroatoms. The third-order valence-electron chi connectivity index (χ3n) is 3.30. The van der Waals surface area contributed by atoms with Gasteiger partial charge in [0.25, 0.3) is 5.91 Å². The number of carbonyl (C=O) groups excluding carboxylic acids is 1. The van der Waals surface area contributed by atoms with E-state index in [2.05, 4.69) is 15.6 Å². The van der Waals surface area contributed by atoms with E-state index in [0.717, 1.165) is 11.3 Å². The van der Waals surface area contributed by atoms with Crippen LogP contribution in [0.5, 0.6) is 5.75 Å². The highest BCUT2D eigenvalue weighted by atomic mass is 16.5. The molecule has 0 spiro atoms. The van der Waals surface area contributed by atoms with Gasteiger partial charge in [-0.2, -0.15) is 5.10 Å². The van der Waals surface area contributed by atoms with E-state index in [0.29, 0.717) is 18.8 Å². The van der Waals surface area contributed by atoms with Crippen LogP contribution in [0.1, 0.15) is 10.5 Å². The highest BCUT2D eigenvalue weighted by Gasteiger charge is 2.13. The van der Waals surface area contributed by atoms with Crippen molar-refractivity contribution in [3.8, 4) is 17.1 Å². The van der Waals surface area contributed by atoms with Crippen molar-refractivity contribution in [2.45, 2.75) is 6.54 Å². The molecule has 3 aromatic rings. The topological polar surface area (TPSA) is 82.2 Å². The molecule has 0 saturated heterocycles. The summed E-state index contributed by atoms with van der Waals surface area (Å²) in [6, 6.07) is 10.8. The average molecular weight is 312 g/mol. The summed E-state index contributed by atoms with van der Waals surface area (Å²) in [4.78, 5) is 12.0. The van der Waals surface area contributed by atoms with Gasteiger partial charge in [0.05, 0.1) is 13.7 Å². The van der Waals surface area contributed by atoms with E-state index in [4.69, 9.17) is 9.26 Å². The van der Waals surface area contributed by atoms with E-state index in [1.54, 1.807) is 24.1 Å². The van der Waals surface area contributed by atoms with E-state index in [-0.39, 0.29) is 11.6 Å². The van der Waals surface area contributed by atoms with Gasteiger partial charge in [-0.05, 0) is 30.3 Å². The normalized spacial score (nSPS) is 10.5. The van der Waals surface area contributed by atoms with Crippen molar-refractivity contribution >= 4 is 5.91 Å². The van der Waals surface area contributed by atoms with E-state index in [1.165, 1.54) is 0 Å². The van der Waals surface area contributed by atoms with Crippen LogP contribution < -0.4 is 10.1 Å². The lowest BCUT2D eigenvalue weighted by Gasteiger charge is -2.02. The molecule has 7 nitrogen and oxygen atoms in total. The van der Waals surface area contributed by atoms with Gasteiger partial charge in [-0.15, -0.1) is 0 Å². The Hall–Kier alpha value is -3.09. The number of carbonyl (C=O) groups is 1. The average Bonchev–Trinajstić information content (AvgIpc) is 3.26. The highest BCUT2D eigenvalue weighted by molar-refractivity contribution is 5.93. The Kier molecular flexibility index (Phi) is 4.37. The Morgan fingerprint density at radius 2 is 2.17 bits per heavy atom. The summed E-state index contributed by atoms with van der Waals surface area (Å²) >= 11 is 0. The van der Waals surface area contributed by atoms with Crippen LogP contribution in [0.15, 0.2) is 53.3 Å². The molecule has 0 aliphatic rings. The molecular formula is C16H16N4O3. The van der Waals surface area contributed by atoms with Crippen molar-refractivity contribution in [1.82, 2.24) is 20.3 Å². The molecule has 118 valence electrons. The molecule has 0 aliphatic carbocycles. The van der Waals surface area contributed by atoms with Crippen LogP contribution >= 0.6 is 0 Å². The molecule has 23 heavy (non-hydrogen) atoms. The molecule has 0 fully saturated rings. The monoisotopic (exact) mass is 312 g/mol. The van der Waals surface area contributed by atoms with Gasteiger partial charge in [0, 0.05) is 30.6 Å². The molecule has 0 unspecified atom stereocenters. The summed E-state index contributed by atoms with van der Waals surface area (Å²) in [7, 11) is 1.61. The molecule has 0 bridgehead atoms. The molecule has 1 aromatic carbocycles. The van der Waals surface area contributed by atoms with Crippen molar-refractivity contribution in [2.75, 3.05) is 13.7 Å². The number of ether oxygens (including phenoxy) is 1. The Bertz CT molecular complexity index is 763. The van der Waals surface area contributed by atoms with Crippen molar-refractivity contribution < 1.29 is 14.1 Å². The number of nitrogens with one attached hydrogen (secondary N) is 1. The predicted molar refractivity (Wildman–Crippen MR) is 83.1 cm³/mol. The van der Waals surface area contributed by atoms with Crippen LogP contribution in [0, 0.1) is 0 Å². The standard InChI is InChI=1S/C16H16N4O3/c1-22-13-5-3-12(4-6-13)15-11-14(19-23-15)16(21)17-8-10-20-9-2-7-18-20/h2-7,9,11H,8,10H2,1H3,(H,17,21). The van der Waals surface area contributed by atoms with Crippen molar-refractivity contribution in [3.63, 3.8) is 0 Å². The van der Waals surface area contributed by atoms with Crippen molar-refractivity contribution in [3.05, 3.63) is 54.5 Å². The fourth-order valence-electron chi connectivity index (χ4n) is 2.08. The summed E-state index contributed by atoms with van der Waals surface area (Å²) < 4.78 is 12.1. The zero-order valence-electron chi connectivity index (χ0n) is 12.6. The summed E-state index contributed by atoms with van der Waals surface area (Å²) in [5, 5.41) is 10.7. The first-order valence-corrected chi connectivity index (χ1v) is 7.13. The minimum atomic E-state index is -0.277. The Labute approximate surface area is 132 Å². The van der Waals surface area contributed by atoms with Gasteiger partial charge in [-0.3, -0.25) is 9.48 Å². The molecule has 3 rings (SSSR count). The zero-order chi connectivity index (χ0) is 16.1. The third-order valence-corrected chi connectivity index (χ3v) is 3.30. The maximum Gasteiger partial charge on any atom is 0.273 e. The number of nitrogens with zero attached hydrogens (tertiary/aromatic N) is 3. The highest BCUT2D eigenvalue weighted by Crippen LogP contribution is 2.22. The van der Waals surface area contributed by atoms with Gasteiger partial charge in [-0.25, -0.2) is 0 Å². The first-order valence-electron chi connectivity index (χ1n) is 7.13. The van der Waals surface area contributed by atoms with Gasteiger partial charge in [-0.1, -0.05) is 5.16 Å². The second kappa shape index (κ2) is 6.78. The number of hydrogen-bond donors (Lipinski definition) is 1. The third kappa shape index (κ3) is 3.57. The largest absolute Gasteiger partial charge is 0.497 e. The van der Waals surface area contributed by atoms with Gasteiger partial charge in [0.15, 0.2) is 11.5 Å². The van der Waals surface area contributed by atoms with Crippen LogP contribution in [0.2, 0.25) is 0 Å². The van der Waals surface area contributed by atoms with E-state index in [1.807, 2.05) is 36.5 Å². The van der Waals surface area contributed by atoms with Crippen LogP contribution in [0.25, 0.3) is 11.3 Å². The predicted octanol–water partition coefficient (Wildman–Crippen LogP) is 1.98. The van der Waals surface area contributed by atoms with Crippen LogP contribution in [0.3, 0.4) is 0 Å². The number of benzene rings is 1. The second-order valence-corrected chi connectivity index (χ2v) is 4.83. The Morgan fingerprint density at radius 1 is 1.35 bits per heavy atom. The Balaban J connectivity index is 1.60. The number of rotatable bonds is 6. The van der Waals surface area contributed by atoms with Gasteiger partial charge in [0.1, 0.15) is 5.75 Å². The molecule has 0 atom stereocenters. The Morgan fingerprint density at radius 3 is 2.87 bits per heavy atom. The fraction of sp³-hybridized carbons (Fsp3) is 0.188. The number of hydrogen-bond acceptors (Lipinski definition) is 5. The number of aromatic nitrogens is 3. The van der Waals surface area contributed by atoms with E-state index < -0.39 is 0 Å². The summed E-state index contributed by atoms with van der Waals surface area (Å²) in [6.07, 6.45) is 3.53. The minimum Gasteiger partial charge on any atom is -0.497 e. The summed E-state index contributed by atoms with van der Waals surface area (Å²) in [5.41, 5.74) is 1.07. The minimum absolute atomic E-state index is 0.247. The molecule has 0 saturated carbocycles. The molecule has 0 aliphatic heterocycles. The van der Waals surface area contributed by atoms with E-state index in [9.17, 15) is 4.79 Å². The second-order valence-electron chi connectivity index (χ2n) is 4.83. The maximum atomic E-state index is 12.0. The number of methoxy groups -OCH3 is 1. The maximum absolute atomic E-state index is 12.0. The lowest BCUT2D eigenvalue weighted by molar-refractivity contribution is 0.0943. The SMILES string of the molecule is COc1ccc(-c2cc(C(=O)NCCn3cccn3)no2)cc1. The lowest BCUT2D eigenvalue weighted by atomic mass is 10.1. The fourth-order valence-corrected chi connectivity index (χ4v) is 2.08. The van der Waals surface area contributed by atoms with E-state index >= 15 is 0 Å². The summed E-state index contributed by atoms with van der Waals surface area (Å²) in [6.45, 7) is 1.06. The number of amides is 1. The lowest BCUT2D eigenvalue weighted by Crippen LogP contribution is -2.27. The molecular weight excluding hydrogens is 296 g/mol. The van der Waals surface area contributed by atoms with Gasteiger partial charge < -0.3 is 14.6 Å². The molecule has 0 radical (unpaired) electrons. The van der Waals surface area contributed by atoms with Crippen molar-refractivity contribution in [1.29, 1.82) is 0 Å². The van der Waals surface area contributed by atoms with Crippen LogP contribution in [-0.2, 0) is 6.54 Å². The van der Waals surface area contributed by atoms with Crippen molar-refractivity contribution in [2.24, 2.45) is 0 Å². The smallest absolute Gasteiger partial charge is 0.273 e. The first-order chi connectivity index (χ1) is 11.3. The zero-order valence-corrected chi connectivity index (χ0v) is 12.6. The van der Waals surface area contributed by atoms with Gasteiger partial charge >= 0.3 is 0 Å². The first kappa shape index (κ1) is 14.8. The summed E-state index contributed by atoms with van der Waals surface area (Å²) in [5.74, 6) is 1.01. The molecule has 1 N–H and O–H groups in total. The van der Waals surface area contributed by atoms with Crippen LogP contribution in [0.4, 0.5) is 0 Å². The van der Waals surface area contributed by atoms with Gasteiger partial charge in [0.2, 0.25) is 0 Å². The quantitative estimate of drug-likeness (QED) is 0.752.